The van der Waals surface area contributed by atoms with Gasteiger partial charge in [-0.15, -0.1) is 0 Å². The number of hydrogen-bond acceptors (Lipinski definition) is 4. The number of pyridine rings is 3. The van der Waals surface area contributed by atoms with E-state index in [-0.39, 0.29) is 0 Å². The van der Waals surface area contributed by atoms with Gasteiger partial charge in [0, 0.05) is 41.7 Å². The Morgan fingerprint density at radius 3 is 1.36 bits per heavy atom. The van der Waals surface area contributed by atoms with Crippen LogP contribution < -0.4 is 15.2 Å². The van der Waals surface area contributed by atoms with Gasteiger partial charge in [-0.2, -0.15) is 0 Å². The molecule has 47 heavy (non-hydrogen) atoms. The van der Waals surface area contributed by atoms with Gasteiger partial charge < -0.3 is 10.6 Å². The van der Waals surface area contributed by atoms with E-state index in [4.69, 9.17) is 9.97 Å². The Morgan fingerprint density at radius 1 is 0.596 bits per heavy atom. The van der Waals surface area contributed by atoms with Crippen molar-refractivity contribution < 1.29 is 29.7 Å². The summed E-state index contributed by atoms with van der Waals surface area (Å²) in [6, 6.07) is 12.8. The zero-order valence-electron chi connectivity index (χ0n) is 28.4. The molecule has 0 aliphatic carbocycles. The van der Waals surface area contributed by atoms with Gasteiger partial charge in [0.25, 0.3) is 0 Å². The summed E-state index contributed by atoms with van der Waals surface area (Å²) in [5.74, 6) is 1.88. The van der Waals surface area contributed by atoms with Crippen LogP contribution in [0.25, 0.3) is 0 Å². The summed E-state index contributed by atoms with van der Waals surface area (Å²) >= 11 is 0. The van der Waals surface area contributed by atoms with Gasteiger partial charge in [0.1, 0.15) is 11.6 Å². The summed E-state index contributed by atoms with van der Waals surface area (Å²) in [7, 11) is -10.7. The monoisotopic (exact) mass is 681 g/mol. The molecule has 4 aromatic rings. The third-order valence-corrected chi connectivity index (χ3v) is 7.68. The normalized spacial score (nSPS) is 12.9. The first-order chi connectivity index (χ1) is 21.7. The van der Waals surface area contributed by atoms with Crippen LogP contribution in [0.1, 0.15) is 82.2 Å². The van der Waals surface area contributed by atoms with E-state index in [1.54, 1.807) is 0 Å². The molecule has 0 amide bonds. The topological polar surface area (TPSA) is 53.7 Å². The number of nitrogens with zero attached hydrogens (tertiary/aromatic N) is 3. The van der Waals surface area contributed by atoms with Gasteiger partial charge in [-0.3, -0.25) is 0 Å². The van der Waals surface area contributed by atoms with Crippen LogP contribution in [0.3, 0.4) is 0 Å². The molecule has 1 aromatic carbocycles. The van der Waals surface area contributed by atoms with Crippen molar-refractivity contribution in [3.63, 3.8) is 0 Å². The van der Waals surface area contributed by atoms with Gasteiger partial charge in [0.2, 0.25) is 0 Å². The van der Waals surface area contributed by atoms with Gasteiger partial charge in [0.05, 0.1) is 0 Å². The Morgan fingerprint density at radius 2 is 1.00 bits per heavy atom. The zero-order chi connectivity index (χ0) is 35.2. The Labute approximate surface area is 274 Å². The summed E-state index contributed by atoms with van der Waals surface area (Å²) in [4.78, 5) is 9.55. The van der Waals surface area contributed by atoms with Crippen LogP contribution in [0.5, 0.6) is 0 Å². The van der Waals surface area contributed by atoms with Crippen LogP contribution in [0, 0.1) is 34.6 Å². The summed E-state index contributed by atoms with van der Waals surface area (Å²) in [6.45, 7) is 19.8. The molecule has 0 saturated carbocycles. The van der Waals surface area contributed by atoms with Crippen molar-refractivity contribution in [2.24, 2.45) is 0 Å². The minimum absolute atomic E-state index is 0.756. The fraction of sp³-hybridized carbons (Fsp3) is 0.400. The van der Waals surface area contributed by atoms with E-state index in [0.29, 0.717) is 0 Å². The maximum atomic E-state index is 9.87. The first-order valence-electron chi connectivity index (χ1n) is 15.7. The van der Waals surface area contributed by atoms with Crippen molar-refractivity contribution in [1.82, 2.24) is 9.97 Å². The molecule has 0 fully saturated rings. The fourth-order valence-electron chi connectivity index (χ4n) is 6.15. The van der Waals surface area contributed by atoms with Crippen molar-refractivity contribution in [2.75, 3.05) is 10.6 Å². The Kier molecular flexibility index (Phi) is 11.4. The molecule has 0 radical (unpaired) electrons. The molecule has 5 nitrogen and oxygen atoms in total. The number of rotatable bonds is 11. The van der Waals surface area contributed by atoms with Gasteiger partial charge >= 0.3 is 33.0 Å². The molecule has 0 saturated heterocycles. The fourth-order valence-corrected chi connectivity index (χ4v) is 6.15. The minimum atomic E-state index is -10.7. The molecule has 3 heterocycles. The molecule has 0 aliphatic rings. The van der Waals surface area contributed by atoms with E-state index in [0.717, 1.165) is 61.9 Å². The summed E-state index contributed by atoms with van der Waals surface area (Å²) in [5, 5.41) is 7.39. The van der Waals surface area contributed by atoms with Crippen LogP contribution in [-0.4, -0.2) is 9.97 Å². The number of aromatic nitrogens is 3. The second kappa shape index (κ2) is 14.2. The SMILES string of the molecule is CCc1c(CNc2cc(C)cc(C)n2)c(CC)c(C[n+]2cccc(C)c2)c(CC)c1CNc1cc(C)cc(C)n1.F[P-](F)(F)(F)(F)F. The van der Waals surface area contributed by atoms with Gasteiger partial charge in [0.15, 0.2) is 18.9 Å². The Balaban J connectivity index is 0.000000771. The maximum absolute atomic E-state index is 10.7. The Bertz CT molecular complexity index is 1590. The number of anilines is 2. The van der Waals surface area contributed by atoms with E-state index in [9.17, 15) is 25.2 Å². The van der Waals surface area contributed by atoms with Crippen molar-refractivity contribution in [3.8, 4) is 0 Å². The molecule has 0 spiro atoms. The van der Waals surface area contributed by atoms with Crippen LogP contribution in [0.4, 0.5) is 36.8 Å². The third kappa shape index (κ3) is 12.4. The van der Waals surface area contributed by atoms with E-state index < -0.39 is 7.81 Å². The van der Waals surface area contributed by atoms with Crippen molar-refractivity contribution in [3.05, 3.63) is 110 Å². The standard InChI is InChI=1S/C35H46N5.F6P/c1-9-28-31(19-36-34-17-24(5)15-26(7)38-34)29(10-2)33(22-40-14-12-13-23(4)21-40)30(11-3)32(28)20-37-35-18-25(6)16-27(8)39-35;1-7(2,3,4,5)6/h12-18,21H,9-11,19-20,22H2,1-8H3,(H,36,38)(H,37,39);/q+1;-1. The first-order valence-corrected chi connectivity index (χ1v) is 17.8. The van der Waals surface area contributed by atoms with Crippen molar-refractivity contribution in [1.29, 1.82) is 0 Å². The van der Waals surface area contributed by atoms with Crippen molar-refractivity contribution in [2.45, 2.75) is 94.3 Å². The predicted molar refractivity (Wildman–Crippen MR) is 181 cm³/mol. The van der Waals surface area contributed by atoms with E-state index >= 15 is 0 Å². The van der Waals surface area contributed by atoms with Gasteiger partial charge in [-0.1, -0.05) is 20.8 Å². The zero-order valence-corrected chi connectivity index (χ0v) is 29.3. The molecule has 3 aromatic heterocycles. The van der Waals surface area contributed by atoms with E-state index in [1.165, 1.54) is 50.1 Å². The second-order valence-electron chi connectivity index (χ2n) is 12.0. The molecule has 258 valence electrons. The number of benzene rings is 1. The molecule has 0 bridgehead atoms. The summed E-state index contributed by atoms with van der Waals surface area (Å²) in [6.07, 6.45) is 7.40. The second-order valence-corrected chi connectivity index (χ2v) is 13.9. The molecule has 4 rings (SSSR count). The molecular formula is C35H46F6N5P. The number of hydrogen-bond donors (Lipinski definition) is 2. The van der Waals surface area contributed by atoms with E-state index in [1.807, 2.05) is 0 Å². The molecule has 2 N–H and O–H groups in total. The predicted octanol–water partition coefficient (Wildman–Crippen LogP) is 10.6. The van der Waals surface area contributed by atoms with Crippen LogP contribution in [-0.2, 0) is 38.9 Å². The van der Waals surface area contributed by atoms with Crippen molar-refractivity contribution >= 4 is 19.4 Å². The number of nitrogens with one attached hydrogen (secondary N) is 2. The van der Waals surface area contributed by atoms with Crippen LogP contribution in [0.15, 0.2) is 48.8 Å². The molecule has 0 atom stereocenters. The van der Waals surface area contributed by atoms with E-state index in [2.05, 4.69) is 119 Å². The van der Waals surface area contributed by atoms with Crippen LogP contribution >= 0.6 is 7.81 Å². The molecule has 0 aliphatic heterocycles. The average molecular weight is 682 g/mol. The average Bonchev–Trinajstić information content (AvgIpc) is 2.92. The molecule has 12 heteroatoms. The summed E-state index contributed by atoms with van der Waals surface area (Å²) < 4.78 is 61.5. The summed E-state index contributed by atoms with van der Waals surface area (Å²) in [5.41, 5.74) is 14.5. The van der Waals surface area contributed by atoms with Crippen LogP contribution in [0.2, 0.25) is 0 Å². The first kappa shape index (κ1) is 37.7. The van der Waals surface area contributed by atoms with Gasteiger partial charge in [-0.25, -0.2) is 14.5 Å². The third-order valence-electron chi connectivity index (χ3n) is 7.68. The molecular weight excluding hydrogens is 635 g/mol. The molecule has 0 unspecified atom stereocenters. The Hall–Kier alpha value is -3.72. The number of aryl methyl sites for hydroxylation is 5. The van der Waals surface area contributed by atoms with Gasteiger partial charge in [-0.05, 0) is 123 Å². The quantitative estimate of drug-likeness (QED) is 0.0940. The number of halogens is 6.